The van der Waals surface area contributed by atoms with Crippen LogP contribution in [0.4, 0.5) is 4.79 Å². The molecule has 162 valence electrons. The Labute approximate surface area is 173 Å². The maximum absolute atomic E-state index is 13.1. The summed E-state index contributed by atoms with van der Waals surface area (Å²) >= 11 is 0. The van der Waals surface area contributed by atoms with Crippen LogP contribution in [-0.2, 0) is 4.79 Å². The molecule has 2 rings (SSSR count). The number of rotatable bonds is 9. The van der Waals surface area contributed by atoms with E-state index in [2.05, 4.69) is 10.6 Å². The number of unbranched alkanes of at least 4 members (excludes halogenated alkanes) is 1. The van der Waals surface area contributed by atoms with Gasteiger partial charge in [0.2, 0.25) is 0 Å². The molecule has 3 atom stereocenters. The van der Waals surface area contributed by atoms with E-state index in [9.17, 15) is 19.8 Å². The third-order valence-electron chi connectivity index (χ3n) is 5.98. The van der Waals surface area contributed by atoms with Crippen molar-refractivity contribution in [2.24, 2.45) is 0 Å². The van der Waals surface area contributed by atoms with E-state index in [1.807, 2.05) is 62.9 Å². The molecule has 1 heterocycles. The topological polar surface area (TPSA) is 102 Å². The summed E-state index contributed by atoms with van der Waals surface area (Å²) in [6.07, 6.45) is 0.847. The maximum atomic E-state index is 13.1. The van der Waals surface area contributed by atoms with Crippen LogP contribution in [0.25, 0.3) is 0 Å². The molecular weight excluding hydrogens is 370 g/mol. The standard InChI is InChI=1S/C22H35N3O4/c1-5-6-14-22(24-20(28)29,25-15-10-13-21(25,3)4)18(26)19(27)23-16(2)17-11-8-7-9-12-17/h7-9,11-12,16,18,24,26H,5-6,10,13-15H2,1-4H3,(H,23,27)(H,28,29)/t16-,18?,22?/m1/s1. The van der Waals surface area contributed by atoms with E-state index in [1.54, 1.807) is 0 Å². The van der Waals surface area contributed by atoms with Crippen LogP contribution in [0.3, 0.4) is 0 Å². The zero-order valence-electron chi connectivity index (χ0n) is 17.9. The van der Waals surface area contributed by atoms with Crippen molar-refractivity contribution in [3.8, 4) is 0 Å². The highest BCUT2D eigenvalue weighted by Crippen LogP contribution is 2.38. The lowest BCUT2D eigenvalue weighted by Gasteiger charge is -2.50. The van der Waals surface area contributed by atoms with Crippen LogP contribution in [0.2, 0.25) is 0 Å². The Balaban J connectivity index is 2.34. The van der Waals surface area contributed by atoms with Crippen molar-refractivity contribution >= 4 is 12.0 Å². The van der Waals surface area contributed by atoms with Crippen molar-refractivity contribution in [3.05, 3.63) is 35.9 Å². The summed E-state index contributed by atoms with van der Waals surface area (Å²) in [5, 5.41) is 26.2. The Morgan fingerprint density at radius 1 is 1.28 bits per heavy atom. The molecule has 1 fully saturated rings. The first-order valence-electron chi connectivity index (χ1n) is 10.5. The normalized spacial score (nSPS) is 20.4. The Bertz CT molecular complexity index is 695. The Kier molecular flexibility index (Phi) is 7.66. The number of carbonyl (C=O) groups is 2. The monoisotopic (exact) mass is 405 g/mol. The number of aliphatic hydroxyl groups excluding tert-OH is 1. The van der Waals surface area contributed by atoms with E-state index in [4.69, 9.17) is 0 Å². The molecule has 2 unspecified atom stereocenters. The van der Waals surface area contributed by atoms with Crippen molar-refractivity contribution in [3.63, 3.8) is 0 Å². The van der Waals surface area contributed by atoms with Crippen LogP contribution in [0.1, 0.15) is 71.4 Å². The number of nitrogens with zero attached hydrogens (tertiary/aromatic N) is 1. The molecule has 1 aromatic rings. The molecule has 0 radical (unpaired) electrons. The highest BCUT2D eigenvalue weighted by atomic mass is 16.4. The second-order valence-electron chi connectivity index (χ2n) is 8.57. The molecule has 1 aliphatic rings. The zero-order chi connectivity index (χ0) is 21.7. The van der Waals surface area contributed by atoms with Crippen LogP contribution in [0.15, 0.2) is 30.3 Å². The largest absolute Gasteiger partial charge is 0.465 e. The summed E-state index contributed by atoms with van der Waals surface area (Å²) in [5.74, 6) is -0.575. The minimum Gasteiger partial charge on any atom is -0.465 e. The van der Waals surface area contributed by atoms with Crippen LogP contribution in [0, 0.1) is 0 Å². The molecule has 7 nitrogen and oxygen atoms in total. The van der Waals surface area contributed by atoms with Gasteiger partial charge < -0.3 is 20.8 Å². The molecule has 0 aliphatic carbocycles. The SMILES string of the molecule is CCCCC(NC(=O)O)(C(O)C(=O)N[C@H](C)c1ccccc1)N1CCCC1(C)C. The van der Waals surface area contributed by atoms with Gasteiger partial charge in [-0.05, 0) is 52.0 Å². The van der Waals surface area contributed by atoms with Crippen LogP contribution < -0.4 is 10.6 Å². The third-order valence-corrected chi connectivity index (χ3v) is 5.98. The van der Waals surface area contributed by atoms with Crippen LogP contribution in [-0.4, -0.2) is 51.0 Å². The summed E-state index contributed by atoms with van der Waals surface area (Å²) in [5.41, 5.74) is -0.787. The van der Waals surface area contributed by atoms with Gasteiger partial charge in [0.05, 0.1) is 6.04 Å². The van der Waals surface area contributed by atoms with Gasteiger partial charge in [0, 0.05) is 12.1 Å². The fourth-order valence-electron chi connectivity index (χ4n) is 4.43. The van der Waals surface area contributed by atoms with E-state index in [1.165, 1.54) is 0 Å². The first-order valence-corrected chi connectivity index (χ1v) is 10.5. The van der Waals surface area contributed by atoms with Crippen molar-refractivity contribution in [2.75, 3.05) is 6.54 Å². The predicted molar refractivity (Wildman–Crippen MR) is 112 cm³/mol. The smallest absolute Gasteiger partial charge is 0.406 e. The van der Waals surface area contributed by atoms with Gasteiger partial charge in [-0.1, -0.05) is 43.7 Å². The molecule has 1 aliphatic heterocycles. The maximum Gasteiger partial charge on any atom is 0.406 e. The number of amides is 2. The number of aliphatic hydroxyl groups is 1. The number of carboxylic acid groups (broad SMARTS) is 1. The lowest BCUT2D eigenvalue weighted by molar-refractivity contribution is -0.146. The zero-order valence-corrected chi connectivity index (χ0v) is 17.9. The lowest BCUT2D eigenvalue weighted by atomic mass is 9.88. The van der Waals surface area contributed by atoms with Crippen molar-refractivity contribution < 1.29 is 19.8 Å². The molecule has 1 saturated heterocycles. The van der Waals surface area contributed by atoms with Gasteiger partial charge in [-0.2, -0.15) is 0 Å². The fraction of sp³-hybridized carbons (Fsp3) is 0.636. The van der Waals surface area contributed by atoms with E-state index in [0.29, 0.717) is 19.4 Å². The second kappa shape index (κ2) is 9.59. The number of likely N-dealkylation sites (tertiary alicyclic amines) is 1. The molecule has 7 heteroatoms. The van der Waals surface area contributed by atoms with Crippen LogP contribution in [0.5, 0.6) is 0 Å². The molecular formula is C22H35N3O4. The number of hydrogen-bond donors (Lipinski definition) is 4. The minimum atomic E-state index is -1.53. The van der Waals surface area contributed by atoms with Gasteiger partial charge in [-0.25, -0.2) is 4.79 Å². The fourth-order valence-corrected chi connectivity index (χ4v) is 4.43. The molecule has 29 heavy (non-hydrogen) atoms. The molecule has 0 bridgehead atoms. The third kappa shape index (κ3) is 5.28. The van der Waals surface area contributed by atoms with E-state index in [-0.39, 0.29) is 11.6 Å². The summed E-state index contributed by atoms with van der Waals surface area (Å²) in [4.78, 5) is 26.8. The van der Waals surface area contributed by atoms with Gasteiger partial charge in [0.1, 0.15) is 5.66 Å². The minimum absolute atomic E-state index is 0.307. The molecule has 4 N–H and O–H groups in total. The number of hydrogen-bond acceptors (Lipinski definition) is 4. The Hall–Kier alpha value is -2.12. The average molecular weight is 406 g/mol. The summed E-state index contributed by atoms with van der Waals surface area (Å²) < 4.78 is 0. The number of benzene rings is 1. The van der Waals surface area contributed by atoms with Crippen molar-refractivity contribution in [2.45, 2.75) is 83.1 Å². The van der Waals surface area contributed by atoms with Gasteiger partial charge in [0.25, 0.3) is 5.91 Å². The molecule has 2 amide bonds. The summed E-state index contributed by atoms with van der Waals surface area (Å²) in [7, 11) is 0. The van der Waals surface area contributed by atoms with E-state index >= 15 is 0 Å². The molecule has 0 saturated carbocycles. The van der Waals surface area contributed by atoms with E-state index < -0.39 is 23.8 Å². The van der Waals surface area contributed by atoms with Gasteiger partial charge >= 0.3 is 6.09 Å². The van der Waals surface area contributed by atoms with Gasteiger partial charge in [-0.15, -0.1) is 0 Å². The Morgan fingerprint density at radius 3 is 2.45 bits per heavy atom. The lowest BCUT2D eigenvalue weighted by Crippen LogP contribution is -2.72. The quantitative estimate of drug-likeness (QED) is 0.505. The molecule has 0 spiro atoms. The predicted octanol–water partition coefficient (Wildman–Crippen LogP) is 3.25. The first-order chi connectivity index (χ1) is 13.6. The second-order valence-corrected chi connectivity index (χ2v) is 8.57. The van der Waals surface area contributed by atoms with Gasteiger partial charge in [-0.3, -0.25) is 9.69 Å². The van der Waals surface area contributed by atoms with Crippen LogP contribution >= 0.6 is 0 Å². The summed E-state index contributed by atoms with van der Waals surface area (Å²) in [6.45, 7) is 8.53. The first kappa shape index (κ1) is 23.2. The van der Waals surface area contributed by atoms with Gasteiger partial charge in [0.15, 0.2) is 6.10 Å². The summed E-state index contributed by atoms with van der Waals surface area (Å²) in [6, 6.07) is 9.17. The highest BCUT2D eigenvalue weighted by molar-refractivity contribution is 5.83. The highest BCUT2D eigenvalue weighted by Gasteiger charge is 2.53. The molecule has 0 aromatic heterocycles. The molecule has 1 aromatic carbocycles. The number of nitrogens with one attached hydrogen (secondary N) is 2. The number of carbonyl (C=O) groups excluding carboxylic acids is 1. The van der Waals surface area contributed by atoms with Crippen molar-refractivity contribution in [1.82, 2.24) is 15.5 Å². The Morgan fingerprint density at radius 2 is 1.93 bits per heavy atom. The van der Waals surface area contributed by atoms with E-state index in [0.717, 1.165) is 24.8 Å². The van der Waals surface area contributed by atoms with Crippen molar-refractivity contribution in [1.29, 1.82) is 0 Å². The average Bonchev–Trinajstić information content (AvgIpc) is 3.04.